The topological polar surface area (TPSA) is 73.6 Å². The fourth-order valence-corrected chi connectivity index (χ4v) is 1.79. The van der Waals surface area contributed by atoms with Crippen LogP contribution >= 0.6 is 0 Å². The minimum Gasteiger partial charge on any atom is -0.478 e. The molecule has 0 heterocycles. The van der Waals surface area contributed by atoms with Crippen molar-refractivity contribution in [2.75, 3.05) is 13.2 Å². The van der Waals surface area contributed by atoms with E-state index in [9.17, 15) is 0 Å². The Morgan fingerprint density at radius 1 is 1.38 bits per heavy atom. The number of ether oxygens (including phenoxy) is 1. The van der Waals surface area contributed by atoms with Gasteiger partial charge in [0.1, 0.15) is 6.61 Å². The van der Waals surface area contributed by atoms with Crippen molar-refractivity contribution in [2.45, 2.75) is 45.1 Å². The molecule has 0 aromatic rings. The molecule has 16 heavy (non-hydrogen) atoms. The first-order chi connectivity index (χ1) is 7.74. The monoisotopic (exact) mass is 225 g/mol. The molecule has 1 rings (SSSR count). The maximum absolute atomic E-state index is 5.73. The SMILES string of the molecule is C/C(C=NC1CCCCC1)=C(/N)OCCN. The minimum atomic E-state index is 0.435. The van der Waals surface area contributed by atoms with Crippen molar-refractivity contribution in [1.82, 2.24) is 0 Å². The third-order valence-electron chi connectivity index (χ3n) is 2.82. The number of allylic oxidation sites excluding steroid dienone is 1. The maximum atomic E-state index is 5.73. The summed E-state index contributed by atoms with van der Waals surface area (Å²) in [5.74, 6) is 0.435. The van der Waals surface area contributed by atoms with Gasteiger partial charge in [-0.05, 0) is 19.8 Å². The van der Waals surface area contributed by atoms with E-state index < -0.39 is 0 Å². The average molecular weight is 225 g/mol. The largest absolute Gasteiger partial charge is 0.478 e. The van der Waals surface area contributed by atoms with Gasteiger partial charge < -0.3 is 16.2 Å². The van der Waals surface area contributed by atoms with Gasteiger partial charge in [-0.15, -0.1) is 0 Å². The zero-order valence-corrected chi connectivity index (χ0v) is 10.1. The van der Waals surface area contributed by atoms with Crippen LogP contribution in [0.2, 0.25) is 0 Å². The molecule has 0 bridgehead atoms. The highest BCUT2D eigenvalue weighted by Gasteiger charge is 2.10. The van der Waals surface area contributed by atoms with Gasteiger partial charge in [0.2, 0.25) is 0 Å². The number of nitrogens with zero attached hydrogens (tertiary/aromatic N) is 1. The summed E-state index contributed by atoms with van der Waals surface area (Å²) in [6.07, 6.45) is 8.18. The summed E-state index contributed by atoms with van der Waals surface area (Å²) >= 11 is 0. The summed E-state index contributed by atoms with van der Waals surface area (Å²) in [4.78, 5) is 4.54. The van der Waals surface area contributed by atoms with Crippen LogP contribution in [0.1, 0.15) is 39.0 Å². The van der Waals surface area contributed by atoms with Gasteiger partial charge in [-0.2, -0.15) is 0 Å². The summed E-state index contributed by atoms with van der Waals surface area (Å²) < 4.78 is 5.23. The zero-order valence-electron chi connectivity index (χ0n) is 10.1. The van der Waals surface area contributed by atoms with Crippen LogP contribution in [0.5, 0.6) is 0 Å². The Kier molecular flexibility index (Phi) is 5.93. The Morgan fingerprint density at radius 3 is 2.69 bits per heavy atom. The maximum Gasteiger partial charge on any atom is 0.188 e. The molecule has 0 unspecified atom stereocenters. The fraction of sp³-hybridized carbons (Fsp3) is 0.750. The molecule has 1 fully saturated rings. The van der Waals surface area contributed by atoms with E-state index in [1.807, 2.05) is 13.1 Å². The molecule has 4 N–H and O–H groups in total. The smallest absolute Gasteiger partial charge is 0.188 e. The van der Waals surface area contributed by atoms with Crippen LogP contribution in [-0.4, -0.2) is 25.4 Å². The van der Waals surface area contributed by atoms with Gasteiger partial charge >= 0.3 is 0 Å². The highest BCUT2D eigenvalue weighted by molar-refractivity contribution is 5.78. The standard InChI is InChI=1S/C12H23N3O/c1-10(12(14)16-8-7-13)9-15-11-5-3-2-4-6-11/h9,11H,2-8,13-14H2,1H3/b12-10+,15-9?. The molecule has 0 saturated heterocycles. The van der Waals surface area contributed by atoms with Crippen molar-refractivity contribution in [3.05, 3.63) is 11.5 Å². The summed E-state index contributed by atoms with van der Waals surface area (Å²) in [6.45, 7) is 2.85. The Bertz CT molecular complexity index is 255. The minimum absolute atomic E-state index is 0.435. The number of hydrogen-bond acceptors (Lipinski definition) is 4. The lowest BCUT2D eigenvalue weighted by Gasteiger charge is -2.17. The van der Waals surface area contributed by atoms with E-state index >= 15 is 0 Å². The van der Waals surface area contributed by atoms with E-state index in [2.05, 4.69) is 4.99 Å². The summed E-state index contributed by atoms with van der Waals surface area (Å²) in [5.41, 5.74) is 11.9. The van der Waals surface area contributed by atoms with Crippen LogP contribution in [0.4, 0.5) is 0 Å². The van der Waals surface area contributed by atoms with Crippen molar-refractivity contribution in [3.63, 3.8) is 0 Å². The second kappa shape index (κ2) is 7.28. The Balaban J connectivity index is 2.41. The predicted molar refractivity (Wildman–Crippen MR) is 67.3 cm³/mol. The quantitative estimate of drug-likeness (QED) is 0.551. The Morgan fingerprint density at radius 2 is 2.06 bits per heavy atom. The van der Waals surface area contributed by atoms with E-state index in [4.69, 9.17) is 16.2 Å². The van der Waals surface area contributed by atoms with E-state index in [0.717, 1.165) is 5.57 Å². The molecule has 0 radical (unpaired) electrons. The van der Waals surface area contributed by atoms with E-state index in [0.29, 0.717) is 25.1 Å². The molecule has 1 aliphatic carbocycles. The number of hydrogen-bond donors (Lipinski definition) is 2. The van der Waals surface area contributed by atoms with Gasteiger partial charge in [-0.25, -0.2) is 0 Å². The molecule has 0 spiro atoms. The van der Waals surface area contributed by atoms with Crippen LogP contribution in [0.15, 0.2) is 16.4 Å². The second-order valence-corrected chi connectivity index (χ2v) is 4.25. The van der Waals surface area contributed by atoms with Crippen LogP contribution in [0, 0.1) is 0 Å². The van der Waals surface area contributed by atoms with Gasteiger partial charge in [0.05, 0.1) is 0 Å². The van der Waals surface area contributed by atoms with Crippen LogP contribution < -0.4 is 11.5 Å². The van der Waals surface area contributed by atoms with Gasteiger partial charge in [-0.1, -0.05) is 19.3 Å². The molecule has 1 saturated carbocycles. The first kappa shape index (κ1) is 13.0. The molecule has 4 heteroatoms. The van der Waals surface area contributed by atoms with Crippen LogP contribution in [0.3, 0.4) is 0 Å². The van der Waals surface area contributed by atoms with E-state index in [-0.39, 0.29) is 0 Å². The lowest BCUT2D eigenvalue weighted by molar-refractivity contribution is 0.216. The van der Waals surface area contributed by atoms with E-state index in [1.165, 1.54) is 32.1 Å². The molecular weight excluding hydrogens is 202 g/mol. The Labute approximate surface area is 97.7 Å². The first-order valence-electron chi connectivity index (χ1n) is 6.06. The molecule has 92 valence electrons. The third kappa shape index (κ3) is 4.66. The molecule has 0 amide bonds. The molecule has 1 aliphatic rings. The number of nitrogens with two attached hydrogens (primary N) is 2. The fourth-order valence-electron chi connectivity index (χ4n) is 1.79. The summed E-state index contributed by atoms with van der Waals surface area (Å²) in [6, 6.07) is 0.478. The summed E-state index contributed by atoms with van der Waals surface area (Å²) in [7, 11) is 0. The lowest BCUT2D eigenvalue weighted by Crippen LogP contribution is -2.14. The second-order valence-electron chi connectivity index (χ2n) is 4.25. The average Bonchev–Trinajstić information content (AvgIpc) is 2.34. The summed E-state index contributed by atoms with van der Waals surface area (Å²) in [5, 5.41) is 0. The van der Waals surface area contributed by atoms with Gasteiger partial charge in [0.25, 0.3) is 0 Å². The van der Waals surface area contributed by atoms with Gasteiger partial charge in [0, 0.05) is 24.4 Å². The highest BCUT2D eigenvalue weighted by Crippen LogP contribution is 2.20. The molecule has 0 aromatic heterocycles. The van der Waals surface area contributed by atoms with Gasteiger partial charge in [-0.3, -0.25) is 4.99 Å². The molecule has 4 nitrogen and oxygen atoms in total. The molecule has 0 aromatic carbocycles. The number of rotatable bonds is 5. The van der Waals surface area contributed by atoms with Crippen molar-refractivity contribution >= 4 is 6.21 Å². The van der Waals surface area contributed by atoms with Crippen LogP contribution in [-0.2, 0) is 4.74 Å². The molecular formula is C12H23N3O. The molecule has 0 aliphatic heterocycles. The molecule has 0 atom stereocenters. The normalized spacial score (nSPS) is 19.9. The van der Waals surface area contributed by atoms with Crippen molar-refractivity contribution in [1.29, 1.82) is 0 Å². The highest BCUT2D eigenvalue weighted by atomic mass is 16.5. The third-order valence-corrected chi connectivity index (χ3v) is 2.82. The van der Waals surface area contributed by atoms with Crippen molar-refractivity contribution in [3.8, 4) is 0 Å². The van der Waals surface area contributed by atoms with Crippen LogP contribution in [0.25, 0.3) is 0 Å². The zero-order chi connectivity index (χ0) is 11.8. The predicted octanol–water partition coefficient (Wildman–Crippen LogP) is 1.56. The first-order valence-corrected chi connectivity index (χ1v) is 6.06. The number of aliphatic imine (C=N–C) groups is 1. The van der Waals surface area contributed by atoms with Gasteiger partial charge in [0.15, 0.2) is 5.88 Å². The lowest BCUT2D eigenvalue weighted by atomic mass is 9.96. The van der Waals surface area contributed by atoms with Crippen molar-refractivity contribution in [2.24, 2.45) is 16.5 Å². The van der Waals surface area contributed by atoms with E-state index in [1.54, 1.807) is 0 Å². The van der Waals surface area contributed by atoms with Crippen molar-refractivity contribution < 1.29 is 4.74 Å². The Hall–Kier alpha value is -1.03.